The van der Waals surface area contributed by atoms with E-state index in [0.29, 0.717) is 0 Å². The summed E-state index contributed by atoms with van der Waals surface area (Å²) >= 11 is 0. The average Bonchev–Trinajstić information content (AvgIpc) is 2.49. The summed E-state index contributed by atoms with van der Waals surface area (Å²) in [6, 6.07) is 8.20. The molecule has 1 rings (SSSR count). The summed E-state index contributed by atoms with van der Waals surface area (Å²) < 4.78 is 22.1. The van der Waals surface area contributed by atoms with E-state index in [0.717, 1.165) is 10.5 Å². The number of esters is 1. The molecule has 0 saturated carbocycles. The Morgan fingerprint density at radius 1 is 1.30 bits per heavy atom. The molecule has 0 heterocycles. The normalized spacial score (nSPS) is 11.6. The number of methoxy groups -OCH3 is 1. The van der Waals surface area contributed by atoms with Crippen molar-refractivity contribution in [2.24, 2.45) is 0 Å². The van der Waals surface area contributed by atoms with Gasteiger partial charge in [0.25, 0.3) is 0 Å². The molecule has 1 atom stereocenters. The van der Waals surface area contributed by atoms with Gasteiger partial charge in [-0.15, -0.1) is 0 Å². The highest BCUT2D eigenvalue weighted by Gasteiger charge is 2.27. The van der Waals surface area contributed by atoms with Crippen LogP contribution in [0.5, 0.6) is 0 Å². The second-order valence-electron chi connectivity index (χ2n) is 4.12. The van der Waals surface area contributed by atoms with Crippen LogP contribution in [0, 0.1) is 0 Å². The molecule has 0 spiro atoms. The largest absolute Gasteiger partial charge is 0.467 e. The van der Waals surface area contributed by atoms with Gasteiger partial charge in [0.15, 0.2) is 0 Å². The first-order chi connectivity index (χ1) is 9.60. The molecule has 0 radical (unpaired) electrons. The maximum absolute atomic E-state index is 12.5. The summed E-state index contributed by atoms with van der Waals surface area (Å²) in [5.41, 5.74) is 0.812. The van der Waals surface area contributed by atoms with Gasteiger partial charge in [-0.1, -0.05) is 30.3 Å². The first kappa shape index (κ1) is 15.9. The molecular weight excluding hydrogens is 265 g/mol. The number of rotatable bonds is 6. The fourth-order valence-corrected chi connectivity index (χ4v) is 1.63. The number of halogens is 1. The van der Waals surface area contributed by atoms with Crippen LogP contribution in [0.4, 0.5) is 9.18 Å². The fraction of sp³-hybridized carbons (Fsp3) is 0.429. The summed E-state index contributed by atoms with van der Waals surface area (Å²) in [7, 11) is 1.21. The van der Waals surface area contributed by atoms with E-state index in [4.69, 9.17) is 4.74 Å². The van der Waals surface area contributed by atoms with Crippen LogP contribution in [0.15, 0.2) is 30.3 Å². The summed E-state index contributed by atoms with van der Waals surface area (Å²) in [4.78, 5) is 24.3. The number of benzene rings is 1. The van der Waals surface area contributed by atoms with Crippen LogP contribution < -0.4 is 0 Å². The lowest BCUT2D eigenvalue weighted by Gasteiger charge is -2.25. The first-order valence-electron chi connectivity index (χ1n) is 6.21. The van der Waals surface area contributed by atoms with Gasteiger partial charge in [0, 0.05) is 0 Å². The Bertz CT molecular complexity index is 438. The van der Waals surface area contributed by atoms with E-state index >= 15 is 0 Å². The first-order valence-corrected chi connectivity index (χ1v) is 6.21. The number of nitrogens with zero attached hydrogens (tertiary/aromatic N) is 1. The van der Waals surface area contributed by atoms with Gasteiger partial charge in [-0.2, -0.15) is 0 Å². The van der Waals surface area contributed by atoms with E-state index in [9.17, 15) is 14.0 Å². The summed E-state index contributed by atoms with van der Waals surface area (Å²) in [6.45, 7) is 0.549. The van der Waals surface area contributed by atoms with Gasteiger partial charge < -0.3 is 9.47 Å². The highest BCUT2D eigenvalue weighted by atomic mass is 19.1. The van der Waals surface area contributed by atoms with Gasteiger partial charge in [-0.25, -0.2) is 14.0 Å². The molecular formula is C14H18FNO4. The smallest absolute Gasteiger partial charge is 0.410 e. The van der Waals surface area contributed by atoms with Crippen molar-refractivity contribution in [2.45, 2.75) is 19.6 Å². The predicted molar refractivity (Wildman–Crippen MR) is 70.8 cm³/mol. The number of ether oxygens (including phenoxy) is 2. The molecule has 0 aliphatic carbocycles. The van der Waals surface area contributed by atoms with Crippen LogP contribution in [0.2, 0.25) is 0 Å². The molecule has 0 N–H and O–H groups in total. The average molecular weight is 283 g/mol. The summed E-state index contributed by atoms with van der Waals surface area (Å²) in [5.74, 6) is -0.616. The van der Waals surface area contributed by atoms with Gasteiger partial charge in [-0.05, 0) is 12.5 Å². The van der Waals surface area contributed by atoms with Gasteiger partial charge >= 0.3 is 12.1 Å². The van der Waals surface area contributed by atoms with Gasteiger partial charge in [-0.3, -0.25) is 4.90 Å². The Morgan fingerprint density at radius 3 is 2.50 bits per heavy atom. The third-order valence-electron chi connectivity index (χ3n) is 2.77. The van der Waals surface area contributed by atoms with Crippen molar-refractivity contribution < 1.29 is 23.5 Å². The molecule has 20 heavy (non-hydrogen) atoms. The van der Waals surface area contributed by atoms with Gasteiger partial charge in [0.05, 0.1) is 13.7 Å². The minimum Gasteiger partial charge on any atom is -0.467 e. The fourth-order valence-electron chi connectivity index (χ4n) is 1.63. The van der Waals surface area contributed by atoms with Crippen molar-refractivity contribution >= 4 is 12.1 Å². The second kappa shape index (κ2) is 8.14. The molecule has 0 aromatic heterocycles. The monoisotopic (exact) mass is 283 g/mol. The van der Waals surface area contributed by atoms with Crippen molar-refractivity contribution in [3.05, 3.63) is 35.9 Å². The maximum Gasteiger partial charge on any atom is 0.410 e. The van der Waals surface area contributed by atoms with Crippen molar-refractivity contribution in [1.82, 2.24) is 4.90 Å². The van der Waals surface area contributed by atoms with Gasteiger partial charge in [0.2, 0.25) is 0 Å². The van der Waals surface area contributed by atoms with E-state index in [1.54, 1.807) is 12.1 Å². The lowest BCUT2D eigenvalue weighted by molar-refractivity contribution is -0.145. The molecule has 1 unspecified atom stereocenters. The van der Waals surface area contributed by atoms with Crippen LogP contribution in [0.25, 0.3) is 0 Å². The van der Waals surface area contributed by atoms with Crippen molar-refractivity contribution in [2.75, 3.05) is 20.3 Å². The molecule has 0 fully saturated rings. The number of amides is 1. The van der Waals surface area contributed by atoms with Crippen LogP contribution >= 0.6 is 0 Å². The molecule has 0 bridgehead atoms. The minimum absolute atomic E-state index is 0.0658. The highest BCUT2D eigenvalue weighted by molar-refractivity contribution is 5.80. The van der Waals surface area contributed by atoms with E-state index in [-0.39, 0.29) is 13.2 Å². The zero-order valence-corrected chi connectivity index (χ0v) is 11.5. The number of hydrogen-bond donors (Lipinski definition) is 0. The molecule has 1 aromatic rings. The molecule has 1 aromatic carbocycles. The van der Waals surface area contributed by atoms with Crippen molar-refractivity contribution in [3.8, 4) is 0 Å². The molecule has 0 aliphatic heterocycles. The lowest BCUT2D eigenvalue weighted by Crippen LogP contribution is -2.45. The third kappa shape index (κ3) is 4.53. The Morgan fingerprint density at radius 2 is 1.95 bits per heavy atom. The van der Waals surface area contributed by atoms with Crippen LogP contribution in [-0.2, 0) is 20.9 Å². The van der Waals surface area contributed by atoms with Crippen LogP contribution in [-0.4, -0.2) is 43.3 Å². The Labute approximate surface area is 117 Å². The molecule has 6 heteroatoms. The number of hydrogen-bond acceptors (Lipinski definition) is 4. The maximum atomic E-state index is 12.5. The Hall–Kier alpha value is -2.11. The number of carbonyl (C=O) groups excluding carboxylic acids is 2. The number of carbonyl (C=O) groups is 2. The zero-order chi connectivity index (χ0) is 15.0. The van der Waals surface area contributed by atoms with Crippen molar-refractivity contribution in [3.63, 3.8) is 0 Å². The van der Waals surface area contributed by atoms with E-state index < -0.39 is 24.8 Å². The van der Waals surface area contributed by atoms with Crippen LogP contribution in [0.1, 0.15) is 12.5 Å². The molecule has 5 nitrogen and oxygen atoms in total. The minimum atomic E-state index is -0.890. The van der Waals surface area contributed by atoms with E-state index in [1.807, 2.05) is 18.2 Å². The molecule has 110 valence electrons. The number of alkyl halides is 1. The summed E-state index contributed by atoms with van der Waals surface area (Å²) in [6.07, 6.45) is -0.746. The van der Waals surface area contributed by atoms with Gasteiger partial charge in [0.1, 0.15) is 19.3 Å². The Balaban J connectivity index is 2.62. The topological polar surface area (TPSA) is 55.8 Å². The third-order valence-corrected chi connectivity index (χ3v) is 2.77. The summed E-state index contributed by atoms with van der Waals surface area (Å²) in [5, 5.41) is 0. The zero-order valence-electron chi connectivity index (χ0n) is 11.5. The SMILES string of the molecule is COC(=O)C(C)N(CCF)C(=O)OCc1ccccc1. The quantitative estimate of drug-likeness (QED) is 0.751. The molecule has 0 aliphatic rings. The van der Waals surface area contributed by atoms with Crippen LogP contribution in [0.3, 0.4) is 0 Å². The highest BCUT2D eigenvalue weighted by Crippen LogP contribution is 2.07. The standard InChI is InChI=1S/C14H18FNO4/c1-11(13(17)19-2)16(9-8-15)14(18)20-10-12-6-4-3-5-7-12/h3-7,11H,8-10H2,1-2H3. The van der Waals surface area contributed by atoms with E-state index in [1.165, 1.54) is 14.0 Å². The predicted octanol–water partition coefficient (Wildman–Crippen LogP) is 2.16. The molecule has 1 amide bonds. The van der Waals surface area contributed by atoms with Crippen molar-refractivity contribution in [1.29, 1.82) is 0 Å². The van der Waals surface area contributed by atoms with E-state index in [2.05, 4.69) is 4.74 Å². The Kier molecular flexibility index (Phi) is 6.49. The second-order valence-corrected chi connectivity index (χ2v) is 4.12. The molecule has 0 saturated heterocycles. The lowest BCUT2D eigenvalue weighted by atomic mass is 10.2.